The van der Waals surface area contributed by atoms with Gasteiger partial charge in [0.15, 0.2) is 0 Å². The van der Waals surface area contributed by atoms with Crippen molar-refractivity contribution in [3.63, 3.8) is 0 Å². The molecule has 2 aliphatic heterocycles. The van der Waals surface area contributed by atoms with E-state index in [1.54, 1.807) is 12.1 Å². The molecule has 0 amide bonds. The highest BCUT2D eigenvalue weighted by molar-refractivity contribution is 5.48. The zero-order valence-electron chi connectivity index (χ0n) is 17.0. The van der Waals surface area contributed by atoms with E-state index in [0.717, 1.165) is 69.4 Å². The number of benzene rings is 2. The molecule has 0 radical (unpaired) electrons. The van der Waals surface area contributed by atoms with Crippen LogP contribution < -0.4 is 9.80 Å². The number of anilines is 2. The van der Waals surface area contributed by atoms with Gasteiger partial charge in [0, 0.05) is 69.7 Å². The SMILES string of the molecule is Fc1cccc(CN2CCc3nc(N4CCN(c5ccccc5)CC4)ncc3C2)c1. The van der Waals surface area contributed by atoms with Gasteiger partial charge < -0.3 is 9.80 Å². The summed E-state index contributed by atoms with van der Waals surface area (Å²) in [5.74, 6) is 0.672. The van der Waals surface area contributed by atoms with Crippen LogP contribution in [0.4, 0.5) is 16.0 Å². The van der Waals surface area contributed by atoms with E-state index < -0.39 is 0 Å². The number of halogens is 1. The van der Waals surface area contributed by atoms with Gasteiger partial charge in [0.1, 0.15) is 5.82 Å². The van der Waals surface area contributed by atoms with E-state index in [4.69, 9.17) is 4.98 Å². The maximum absolute atomic E-state index is 13.5. The average Bonchev–Trinajstić information content (AvgIpc) is 2.79. The molecule has 3 heterocycles. The van der Waals surface area contributed by atoms with Gasteiger partial charge in [0.05, 0.1) is 5.69 Å². The fourth-order valence-electron chi connectivity index (χ4n) is 4.35. The molecule has 154 valence electrons. The van der Waals surface area contributed by atoms with Gasteiger partial charge in [-0.2, -0.15) is 0 Å². The van der Waals surface area contributed by atoms with Crippen LogP contribution in [0.25, 0.3) is 0 Å². The van der Waals surface area contributed by atoms with Gasteiger partial charge in [-0.1, -0.05) is 30.3 Å². The Bertz CT molecular complexity index is 1000. The third-order valence-corrected chi connectivity index (χ3v) is 5.98. The first-order valence-corrected chi connectivity index (χ1v) is 10.6. The van der Waals surface area contributed by atoms with E-state index in [0.29, 0.717) is 0 Å². The molecule has 0 unspecified atom stereocenters. The highest BCUT2D eigenvalue weighted by atomic mass is 19.1. The van der Waals surface area contributed by atoms with E-state index in [2.05, 4.69) is 50.0 Å². The summed E-state index contributed by atoms with van der Waals surface area (Å²) in [4.78, 5) is 16.6. The second kappa shape index (κ2) is 8.40. The molecule has 2 aliphatic rings. The van der Waals surface area contributed by atoms with Crippen molar-refractivity contribution in [2.24, 2.45) is 0 Å². The van der Waals surface area contributed by atoms with Gasteiger partial charge >= 0.3 is 0 Å². The lowest BCUT2D eigenvalue weighted by Crippen LogP contribution is -2.47. The molecule has 0 saturated carbocycles. The van der Waals surface area contributed by atoms with Crippen LogP contribution in [-0.4, -0.2) is 47.6 Å². The molecule has 0 aliphatic carbocycles. The number of hydrogen-bond donors (Lipinski definition) is 0. The minimum atomic E-state index is -0.176. The third kappa shape index (κ3) is 4.14. The predicted molar refractivity (Wildman–Crippen MR) is 117 cm³/mol. The second-order valence-electron chi connectivity index (χ2n) is 8.04. The molecule has 6 heteroatoms. The van der Waals surface area contributed by atoms with Crippen molar-refractivity contribution in [3.05, 3.63) is 83.4 Å². The second-order valence-corrected chi connectivity index (χ2v) is 8.04. The summed E-state index contributed by atoms with van der Waals surface area (Å²) in [6, 6.07) is 17.4. The highest BCUT2D eigenvalue weighted by Crippen LogP contribution is 2.23. The van der Waals surface area contributed by atoms with Crippen LogP contribution >= 0.6 is 0 Å². The van der Waals surface area contributed by atoms with Crippen molar-refractivity contribution >= 4 is 11.6 Å². The zero-order chi connectivity index (χ0) is 20.3. The molecule has 1 aromatic heterocycles. The Morgan fingerprint density at radius 1 is 0.867 bits per heavy atom. The van der Waals surface area contributed by atoms with Gasteiger partial charge in [-0.25, -0.2) is 14.4 Å². The number of fused-ring (bicyclic) bond motifs is 1. The van der Waals surface area contributed by atoms with Crippen molar-refractivity contribution < 1.29 is 4.39 Å². The van der Waals surface area contributed by atoms with Crippen molar-refractivity contribution in [3.8, 4) is 0 Å². The molecular weight excluding hydrogens is 377 g/mol. The molecule has 0 bridgehead atoms. The topological polar surface area (TPSA) is 35.5 Å². The Balaban J connectivity index is 1.22. The van der Waals surface area contributed by atoms with E-state index in [-0.39, 0.29) is 5.82 Å². The van der Waals surface area contributed by atoms with Crippen LogP contribution in [0.1, 0.15) is 16.8 Å². The summed E-state index contributed by atoms with van der Waals surface area (Å²) in [6.45, 7) is 6.31. The van der Waals surface area contributed by atoms with Crippen LogP contribution in [-0.2, 0) is 19.5 Å². The zero-order valence-corrected chi connectivity index (χ0v) is 17.0. The van der Waals surface area contributed by atoms with E-state index in [1.807, 2.05) is 12.3 Å². The summed E-state index contributed by atoms with van der Waals surface area (Å²) in [5.41, 5.74) is 4.62. The summed E-state index contributed by atoms with van der Waals surface area (Å²) in [7, 11) is 0. The van der Waals surface area contributed by atoms with Gasteiger partial charge in [-0.05, 0) is 29.8 Å². The predicted octanol–water partition coefficient (Wildman–Crippen LogP) is 3.50. The van der Waals surface area contributed by atoms with E-state index in [1.165, 1.54) is 17.3 Å². The first kappa shape index (κ1) is 19.0. The van der Waals surface area contributed by atoms with Crippen LogP contribution in [0, 0.1) is 5.82 Å². The third-order valence-electron chi connectivity index (χ3n) is 5.98. The van der Waals surface area contributed by atoms with Gasteiger partial charge in [0.25, 0.3) is 0 Å². The molecule has 5 rings (SSSR count). The molecule has 2 aromatic carbocycles. The minimum absolute atomic E-state index is 0.176. The molecule has 5 nitrogen and oxygen atoms in total. The largest absolute Gasteiger partial charge is 0.368 e. The highest BCUT2D eigenvalue weighted by Gasteiger charge is 2.23. The van der Waals surface area contributed by atoms with Crippen molar-refractivity contribution in [2.75, 3.05) is 42.5 Å². The molecule has 1 saturated heterocycles. The first-order valence-electron chi connectivity index (χ1n) is 10.6. The van der Waals surface area contributed by atoms with Crippen LogP contribution in [0.5, 0.6) is 0 Å². The Labute approximate surface area is 176 Å². The summed E-state index contributed by atoms with van der Waals surface area (Å²) in [5, 5.41) is 0. The fourth-order valence-corrected chi connectivity index (χ4v) is 4.35. The molecule has 1 fully saturated rings. The van der Waals surface area contributed by atoms with Crippen molar-refractivity contribution in [2.45, 2.75) is 19.5 Å². The number of para-hydroxylation sites is 1. The van der Waals surface area contributed by atoms with Crippen LogP contribution in [0.15, 0.2) is 60.8 Å². The molecule has 0 N–H and O–H groups in total. The maximum atomic E-state index is 13.5. The first-order chi connectivity index (χ1) is 14.7. The smallest absolute Gasteiger partial charge is 0.225 e. The van der Waals surface area contributed by atoms with Gasteiger partial charge in [-0.3, -0.25) is 4.90 Å². The lowest BCUT2D eigenvalue weighted by molar-refractivity contribution is 0.242. The lowest BCUT2D eigenvalue weighted by Gasteiger charge is -2.36. The lowest BCUT2D eigenvalue weighted by atomic mass is 10.1. The standard InChI is InChI=1S/C24H26FN5/c25-21-6-4-5-19(15-21)17-28-10-9-23-20(18-28)16-26-24(27-23)30-13-11-29(12-14-30)22-7-2-1-3-8-22/h1-8,15-16H,9-14,17-18H2. The number of hydrogen-bond acceptors (Lipinski definition) is 5. The average molecular weight is 404 g/mol. The quantitative estimate of drug-likeness (QED) is 0.666. The summed E-state index contributed by atoms with van der Waals surface area (Å²) < 4.78 is 13.5. The van der Waals surface area contributed by atoms with Crippen LogP contribution in [0.3, 0.4) is 0 Å². The van der Waals surface area contributed by atoms with Gasteiger partial charge in [-0.15, -0.1) is 0 Å². The van der Waals surface area contributed by atoms with Gasteiger partial charge in [0.2, 0.25) is 5.95 Å². The fraction of sp³-hybridized carbons (Fsp3) is 0.333. The Hall–Kier alpha value is -2.99. The minimum Gasteiger partial charge on any atom is -0.368 e. The molecule has 0 spiro atoms. The Morgan fingerprint density at radius 3 is 2.47 bits per heavy atom. The normalized spacial score (nSPS) is 17.1. The summed E-state index contributed by atoms with van der Waals surface area (Å²) >= 11 is 0. The van der Waals surface area contributed by atoms with Crippen LogP contribution in [0.2, 0.25) is 0 Å². The molecule has 0 atom stereocenters. The maximum Gasteiger partial charge on any atom is 0.225 e. The number of aromatic nitrogens is 2. The number of rotatable bonds is 4. The van der Waals surface area contributed by atoms with Crippen molar-refractivity contribution in [1.82, 2.24) is 14.9 Å². The van der Waals surface area contributed by atoms with E-state index in [9.17, 15) is 4.39 Å². The monoisotopic (exact) mass is 403 g/mol. The molecule has 30 heavy (non-hydrogen) atoms. The van der Waals surface area contributed by atoms with Crippen molar-refractivity contribution in [1.29, 1.82) is 0 Å². The van der Waals surface area contributed by atoms with E-state index >= 15 is 0 Å². The molecular formula is C24H26FN5. The number of piperazine rings is 1. The summed E-state index contributed by atoms with van der Waals surface area (Å²) in [6.07, 6.45) is 2.89. The number of nitrogens with zero attached hydrogens (tertiary/aromatic N) is 5. The molecule has 3 aromatic rings. The Morgan fingerprint density at radius 2 is 1.67 bits per heavy atom. The Kier molecular flexibility index (Phi) is 5.32.